The molecule has 22 heavy (non-hydrogen) atoms. The van der Waals surface area contributed by atoms with E-state index in [1.54, 1.807) is 7.11 Å². The van der Waals surface area contributed by atoms with E-state index in [0.29, 0.717) is 22.0 Å². The summed E-state index contributed by atoms with van der Waals surface area (Å²) in [4.78, 5) is 0. The van der Waals surface area contributed by atoms with Crippen molar-refractivity contribution in [2.75, 3.05) is 14.2 Å². The van der Waals surface area contributed by atoms with Crippen LogP contribution >= 0.6 is 23.2 Å². The van der Waals surface area contributed by atoms with Crippen LogP contribution in [0, 0.1) is 0 Å². The summed E-state index contributed by atoms with van der Waals surface area (Å²) in [5, 5.41) is 3.46. The van der Waals surface area contributed by atoms with E-state index in [2.05, 4.69) is 30.6 Å². The number of quaternary nitrogens is 1. The fourth-order valence-corrected chi connectivity index (χ4v) is 3.59. The summed E-state index contributed by atoms with van der Waals surface area (Å²) >= 11 is 12.2. The van der Waals surface area contributed by atoms with Crippen LogP contribution in [-0.4, -0.2) is 14.2 Å². The highest BCUT2D eigenvalue weighted by molar-refractivity contribution is 6.42. The van der Waals surface area contributed by atoms with Crippen molar-refractivity contribution in [1.29, 1.82) is 0 Å². The molecular formula is C17H18Cl3NO. The maximum atomic E-state index is 6.19. The monoisotopic (exact) mass is 357 g/mol. The minimum absolute atomic E-state index is 0. The van der Waals surface area contributed by atoms with Gasteiger partial charge in [-0.1, -0.05) is 41.4 Å². The molecule has 2 aromatic carbocycles. The number of ether oxygens (including phenoxy) is 1. The van der Waals surface area contributed by atoms with E-state index in [1.807, 2.05) is 18.2 Å². The number of hydrogen-bond donors (Lipinski definition) is 1. The number of fused-ring (bicyclic) bond motifs is 1. The van der Waals surface area contributed by atoms with E-state index >= 15 is 0 Å². The summed E-state index contributed by atoms with van der Waals surface area (Å²) < 4.78 is 5.58. The molecule has 0 fully saturated rings. The smallest absolute Gasteiger partial charge is 0.123 e. The van der Waals surface area contributed by atoms with Gasteiger partial charge in [-0.25, -0.2) is 0 Å². The minimum Gasteiger partial charge on any atom is -1.00 e. The first-order valence-electron chi connectivity index (χ1n) is 7.07. The fraction of sp³-hybridized carbons (Fsp3) is 0.294. The molecule has 0 amide bonds. The second-order valence-electron chi connectivity index (χ2n) is 5.36. The Balaban J connectivity index is 0.00000176. The lowest BCUT2D eigenvalue weighted by atomic mass is 9.92. The number of hydrogen-bond acceptors (Lipinski definition) is 1. The van der Waals surface area contributed by atoms with E-state index in [-0.39, 0.29) is 12.4 Å². The van der Waals surface area contributed by atoms with Crippen LogP contribution in [0.15, 0.2) is 36.4 Å². The zero-order valence-electron chi connectivity index (χ0n) is 12.4. The van der Waals surface area contributed by atoms with Gasteiger partial charge in [0.05, 0.1) is 24.2 Å². The normalized spacial score (nSPS) is 19.5. The molecule has 0 unspecified atom stereocenters. The molecule has 0 saturated carbocycles. The highest BCUT2D eigenvalue weighted by Gasteiger charge is 2.36. The Morgan fingerprint density at radius 3 is 2.55 bits per heavy atom. The molecule has 2 nitrogen and oxygen atoms in total. The lowest BCUT2D eigenvalue weighted by Gasteiger charge is -2.15. The largest absolute Gasteiger partial charge is 1.00 e. The first kappa shape index (κ1) is 17.4. The van der Waals surface area contributed by atoms with Gasteiger partial charge < -0.3 is 22.5 Å². The molecule has 5 heteroatoms. The van der Waals surface area contributed by atoms with E-state index in [4.69, 9.17) is 27.9 Å². The highest BCUT2D eigenvalue weighted by atomic mass is 35.5. The van der Waals surface area contributed by atoms with Crippen LogP contribution in [-0.2, 0) is 0 Å². The Morgan fingerprint density at radius 1 is 1.14 bits per heavy atom. The third kappa shape index (κ3) is 2.93. The molecular weight excluding hydrogens is 341 g/mol. The Kier molecular flexibility index (Phi) is 5.62. The highest BCUT2D eigenvalue weighted by Crippen LogP contribution is 2.47. The van der Waals surface area contributed by atoms with Gasteiger partial charge in [0.1, 0.15) is 11.8 Å². The van der Waals surface area contributed by atoms with Crippen LogP contribution in [0.3, 0.4) is 0 Å². The molecule has 1 aliphatic rings. The van der Waals surface area contributed by atoms with E-state index in [9.17, 15) is 0 Å². The van der Waals surface area contributed by atoms with Gasteiger partial charge in [-0.3, -0.25) is 0 Å². The molecule has 2 N–H and O–H groups in total. The summed E-state index contributed by atoms with van der Waals surface area (Å²) in [6.45, 7) is 0. The van der Waals surface area contributed by atoms with Gasteiger partial charge in [-0.05, 0) is 23.8 Å². The predicted molar refractivity (Wildman–Crippen MR) is 86.5 cm³/mol. The zero-order valence-corrected chi connectivity index (χ0v) is 14.7. The molecule has 0 spiro atoms. The average Bonchev–Trinajstić information content (AvgIpc) is 2.89. The molecule has 0 heterocycles. The Labute approximate surface area is 147 Å². The Hall–Kier alpha value is -0.930. The van der Waals surface area contributed by atoms with Crippen LogP contribution in [0.4, 0.5) is 0 Å². The predicted octanol–water partition coefficient (Wildman–Crippen LogP) is 0.776. The van der Waals surface area contributed by atoms with Gasteiger partial charge in [0.25, 0.3) is 0 Å². The summed E-state index contributed by atoms with van der Waals surface area (Å²) in [5.41, 5.74) is 3.83. The summed E-state index contributed by atoms with van der Waals surface area (Å²) in [6.07, 6.45) is 1.05. The molecule has 0 bridgehead atoms. The van der Waals surface area contributed by atoms with E-state index in [0.717, 1.165) is 12.2 Å². The summed E-state index contributed by atoms with van der Waals surface area (Å²) in [6, 6.07) is 12.6. The zero-order chi connectivity index (χ0) is 15.0. The van der Waals surface area contributed by atoms with Crippen molar-refractivity contribution in [2.45, 2.75) is 18.4 Å². The quantitative estimate of drug-likeness (QED) is 0.862. The van der Waals surface area contributed by atoms with E-state index < -0.39 is 0 Å². The third-order valence-corrected chi connectivity index (χ3v) is 5.04. The van der Waals surface area contributed by atoms with Crippen LogP contribution in [0.2, 0.25) is 10.0 Å². The summed E-state index contributed by atoms with van der Waals surface area (Å²) in [7, 11) is 3.84. The van der Waals surface area contributed by atoms with Gasteiger partial charge in [0.2, 0.25) is 0 Å². The lowest BCUT2D eigenvalue weighted by Crippen LogP contribution is -3.00. The van der Waals surface area contributed by atoms with Crippen molar-refractivity contribution in [2.24, 2.45) is 0 Å². The SMILES string of the molecule is C[NH2+][C@@H]1C[C@@H](c2ccc(Cl)c(Cl)c2)c2c(OC)cccc21.[Cl-]. The maximum absolute atomic E-state index is 6.19. The first-order valence-corrected chi connectivity index (χ1v) is 7.82. The van der Waals surface area contributed by atoms with Gasteiger partial charge in [0, 0.05) is 23.5 Å². The van der Waals surface area contributed by atoms with Crippen LogP contribution in [0.5, 0.6) is 5.75 Å². The van der Waals surface area contributed by atoms with Crippen molar-refractivity contribution in [3.63, 3.8) is 0 Å². The molecule has 118 valence electrons. The van der Waals surface area contributed by atoms with Gasteiger partial charge in [-0.2, -0.15) is 0 Å². The molecule has 0 radical (unpaired) electrons. The lowest BCUT2D eigenvalue weighted by molar-refractivity contribution is -0.669. The topological polar surface area (TPSA) is 25.8 Å². The van der Waals surface area contributed by atoms with Gasteiger partial charge in [-0.15, -0.1) is 0 Å². The number of benzene rings is 2. The average molecular weight is 359 g/mol. The number of halogens is 3. The maximum Gasteiger partial charge on any atom is 0.123 e. The van der Waals surface area contributed by atoms with E-state index in [1.165, 1.54) is 16.7 Å². The van der Waals surface area contributed by atoms with Crippen LogP contribution < -0.4 is 22.5 Å². The molecule has 2 aromatic rings. The second kappa shape index (κ2) is 7.10. The molecule has 0 aliphatic heterocycles. The standard InChI is InChI=1S/C17H17Cl2NO.ClH/c1-20-15-9-12(10-6-7-13(18)14(19)8-10)17-11(15)4-3-5-16(17)21-2;/h3-8,12,15,20H,9H2,1-2H3;1H/t12-,15+;/m0./s1. The van der Waals surface area contributed by atoms with Crippen LogP contribution in [0.1, 0.15) is 35.1 Å². The van der Waals surface area contributed by atoms with Crippen molar-refractivity contribution < 1.29 is 22.5 Å². The van der Waals surface area contributed by atoms with Crippen molar-refractivity contribution in [1.82, 2.24) is 0 Å². The number of nitrogens with two attached hydrogens (primary N) is 1. The van der Waals surface area contributed by atoms with Crippen LogP contribution in [0.25, 0.3) is 0 Å². The van der Waals surface area contributed by atoms with Gasteiger partial charge in [0.15, 0.2) is 0 Å². The third-order valence-electron chi connectivity index (χ3n) is 4.31. The number of methoxy groups -OCH3 is 1. The minimum atomic E-state index is 0. The fourth-order valence-electron chi connectivity index (χ4n) is 3.28. The molecule has 1 aliphatic carbocycles. The molecule has 3 rings (SSSR count). The van der Waals surface area contributed by atoms with Crippen molar-refractivity contribution in [3.05, 3.63) is 63.1 Å². The first-order chi connectivity index (χ1) is 10.2. The van der Waals surface area contributed by atoms with Crippen molar-refractivity contribution in [3.8, 4) is 5.75 Å². The molecule has 0 aromatic heterocycles. The van der Waals surface area contributed by atoms with Gasteiger partial charge >= 0.3 is 0 Å². The Bertz CT molecular complexity index is 675. The molecule has 2 atom stereocenters. The Morgan fingerprint density at radius 2 is 1.91 bits per heavy atom. The van der Waals surface area contributed by atoms with Crippen molar-refractivity contribution >= 4 is 23.2 Å². The number of rotatable bonds is 3. The summed E-state index contributed by atoms with van der Waals surface area (Å²) in [5.74, 6) is 1.25. The molecule has 0 saturated heterocycles. The second-order valence-corrected chi connectivity index (χ2v) is 6.18.